The molecule has 2 amide bonds. The normalized spacial score (nSPS) is 13.2. The van der Waals surface area contributed by atoms with Crippen molar-refractivity contribution >= 4 is 17.5 Å². The maximum absolute atomic E-state index is 13.1. The summed E-state index contributed by atoms with van der Waals surface area (Å²) in [6, 6.07) is 15.5. The van der Waals surface area contributed by atoms with Crippen LogP contribution in [0.1, 0.15) is 39.1 Å². The largest absolute Gasteiger partial charge is 0.378 e. The van der Waals surface area contributed by atoms with Gasteiger partial charge in [-0.2, -0.15) is 0 Å². The van der Waals surface area contributed by atoms with Gasteiger partial charge < -0.3 is 15.1 Å². The fourth-order valence-electron chi connectivity index (χ4n) is 2.94. The molecular formula is C21H25N3O2. The molecule has 26 heavy (non-hydrogen) atoms. The van der Waals surface area contributed by atoms with Crippen LogP contribution in [0.5, 0.6) is 0 Å². The number of carbonyl (C=O) groups excluding carboxylic acids is 2. The molecule has 5 nitrogen and oxygen atoms in total. The van der Waals surface area contributed by atoms with Crippen LogP contribution in [0.4, 0.5) is 5.69 Å². The summed E-state index contributed by atoms with van der Waals surface area (Å²) in [7, 11) is 5.55. The van der Waals surface area contributed by atoms with Crippen LogP contribution in [-0.4, -0.2) is 43.9 Å². The summed E-state index contributed by atoms with van der Waals surface area (Å²) in [5.74, 6) is -0.0428. The molecule has 0 heterocycles. The Hall–Kier alpha value is -2.82. The molecule has 1 aliphatic rings. The van der Waals surface area contributed by atoms with Gasteiger partial charge >= 0.3 is 0 Å². The van der Waals surface area contributed by atoms with E-state index in [2.05, 4.69) is 5.32 Å². The zero-order chi connectivity index (χ0) is 18.7. The number of rotatable bonds is 6. The van der Waals surface area contributed by atoms with Gasteiger partial charge in [-0.1, -0.05) is 18.2 Å². The summed E-state index contributed by atoms with van der Waals surface area (Å²) in [6.07, 6.45) is 2.10. The van der Waals surface area contributed by atoms with Gasteiger partial charge in [-0.15, -0.1) is 0 Å². The minimum Gasteiger partial charge on any atom is -0.378 e. The average molecular weight is 351 g/mol. The average Bonchev–Trinajstić information content (AvgIpc) is 3.50. The Morgan fingerprint density at radius 2 is 1.73 bits per heavy atom. The lowest BCUT2D eigenvalue weighted by atomic mass is 10.1. The Bertz CT molecular complexity index is 795. The predicted molar refractivity (Wildman–Crippen MR) is 103 cm³/mol. The second kappa shape index (κ2) is 7.60. The van der Waals surface area contributed by atoms with Crippen LogP contribution in [0, 0.1) is 0 Å². The molecule has 0 bridgehead atoms. The number of nitrogens with one attached hydrogen (secondary N) is 1. The summed E-state index contributed by atoms with van der Waals surface area (Å²) >= 11 is 0. The van der Waals surface area contributed by atoms with E-state index in [9.17, 15) is 9.59 Å². The molecular weight excluding hydrogens is 326 g/mol. The molecule has 0 unspecified atom stereocenters. The lowest BCUT2D eigenvalue weighted by Crippen LogP contribution is -2.32. The first-order chi connectivity index (χ1) is 12.5. The topological polar surface area (TPSA) is 52.7 Å². The van der Waals surface area contributed by atoms with E-state index in [0.717, 1.165) is 24.1 Å². The lowest BCUT2D eigenvalue weighted by molar-refractivity contribution is 0.0729. The number of nitrogens with zero attached hydrogens (tertiary/aromatic N) is 2. The van der Waals surface area contributed by atoms with Gasteiger partial charge in [0.25, 0.3) is 11.8 Å². The van der Waals surface area contributed by atoms with Gasteiger partial charge in [0.05, 0.1) is 0 Å². The van der Waals surface area contributed by atoms with Gasteiger partial charge in [-0.05, 0) is 48.7 Å². The van der Waals surface area contributed by atoms with E-state index in [1.54, 1.807) is 19.2 Å². The molecule has 1 aliphatic carbocycles. The molecule has 0 saturated heterocycles. The zero-order valence-electron chi connectivity index (χ0n) is 15.5. The first-order valence-electron chi connectivity index (χ1n) is 8.89. The van der Waals surface area contributed by atoms with Crippen LogP contribution in [0.25, 0.3) is 0 Å². The minimum atomic E-state index is -0.104. The van der Waals surface area contributed by atoms with E-state index in [1.165, 1.54) is 0 Å². The molecule has 1 N–H and O–H groups in total. The zero-order valence-corrected chi connectivity index (χ0v) is 15.5. The van der Waals surface area contributed by atoms with Crippen molar-refractivity contribution in [3.63, 3.8) is 0 Å². The van der Waals surface area contributed by atoms with Gasteiger partial charge in [0, 0.05) is 50.5 Å². The van der Waals surface area contributed by atoms with Crippen LogP contribution in [0.3, 0.4) is 0 Å². The highest BCUT2D eigenvalue weighted by Crippen LogP contribution is 2.30. The quantitative estimate of drug-likeness (QED) is 0.871. The van der Waals surface area contributed by atoms with E-state index in [1.807, 2.05) is 60.3 Å². The van der Waals surface area contributed by atoms with Crippen molar-refractivity contribution in [2.45, 2.75) is 25.4 Å². The SMILES string of the molecule is CNC(=O)c1ccc(CN(C(=O)c2cccc(N(C)C)c2)C2CC2)cc1. The van der Waals surface area contributed by atoms with Crippen molar-refractivity contribution in [1.82, 2.24) is 10.2 Å². The highest BCUT2D eigenvalue weighted by Gasteiger charge is 2.33. The Labute approximate surface area is 154 Å². The molecule has 5 heteroatoms. The van der Waals surface area contributed by atoms with E-state index in [0.29, 0.717) is 23.7 Å². The number of anilines is 1. The van der Waals surface area contributed by atoms with Gasteiger partial charge in [0.1, 0.15) is 0 Å². The molecule has 0 aliphatic heterocycles. The van der Waals surface area contributed by atoms with E-state index >= 15 is 0 Å². The smallest absolute Gasteiger partial charge is 0.254 e. The van der Waals surface area contributed by atoms with E-state index in [4.69, 9.17) is 0 Å². The minimum absolute atomic E-state index is 0.0616. The van der Waals surface area contributed by atoms with E-state index in [-0.39, 0.29) is 11.8 Å². The summed E-state index contributed by atoms with van der Waals surface area (Å²) in [6.45, 7) is 0.559. The third kappa shape index (κ3) is 4.04. The summed E-state index contributed by atoms with van der Waals surface area (Å²) in [4.78, 5) is 28.7. The Morgan fingerprint density at radius 3 is 2.31 bits per heavy atom. The molecule has 1 saturated carbocycles. The number of hydrogen-bond donors (Lipinski definition) is 1. The lowest BCUT2D eigenvalue weighted by Gasteiger charge is -2.23. The summed E-state index contributed by atoms with van der Waals surface area (Å²) in [5, 5.41) is 2.62. The first-order valence-corrected chi connectivity index (χ1v) is 8.89. The van der Waals surface area contributed by atoms with Crippen molar-refractivity contribution in [1.29, 1.82) is 0 Å². The highest BCUT2D eigenvalue weighted by molar-refractivity contribution is 5.96. The van der Waals surface area contributed by atoms with Crippen molar-refractivity contribution in [3.8, 4) is 0 Å². The Kier molecular flexibility index (Phi) is 5.26. The molecule has 2 aromatic rings. The number of amides is 2. The number of benzene rings is 2. The second-order valence-corrected chi connectivity index (χ2v) is 6.89. The van der Waals surface area contributed by atoms with Gasteiger partial charge in [0.15, 0.2) is 0 Å². The van der Waals surface area contributed by atoms with Gasteiger partial charge in [0.2, 0.25) is 0 Å². The van der Waals surface area contributed by atoms with Crippen molar-refractivity contribution in [2.24, 2.45) is 0 Å². The fourth-order valence-corrected chi connectivity index (χ4v) is 2.94. The maximum atomic E-state index is 13.1. The van der Waals surface area contributed by atoms with Crippen molar-refractivity contribution in [3.05, 3.63) is 65.2 Å². The standard InChI is InChI=1S/C21H25N3O2/c1-22-20(25)16-9-7-15(8-10-16)14-24(18-11-12-18)21(26)17-5-4-6-19(13-17)23(2)3/h4-10,13,18H,11-12,14H2,1-3H3,(H,22,25). The van der Waals surface area contributed by atoms with Crippen molar-refractivity contribution < 1.29 is 9.59 Å². The fraction of sp³-hybridized carbons (Fsp3) is 0.333. The number of hydrogen-bond acceptors (Lipinski definition) is 3. The van der Waals surface area contributed by atoms with Crippen LogP contribution in [-0.2, 0) is 6.54 Å². The van der Waals surface area contributed by atoms with Crippen LogP contribution in [0.2, 0.25) is 0 Å². The third-order valence-electron chi connectivity index (χ3n) is 4.65. The summed E-state index contributed by atoms with van der Waals surface area (Å²) < 4.78 is 0. The predicted octanol–water partition coefficient (Wildman–Crippen LogP) is 2.92. The Morgan fingerprint density at radius 1 is 1.04 bits per heavy atom. The van der Waals surface area contributed by atoms with Gasteiger partial charge in [-0.3, -0.25) is 9.59 Å². The molecule has 1 fully saturated rings. The maximum Gasteiger partial charge on any atom is 0.254 e. The van der Waals surface area contributed by atoms with Crippen molar-refractivity contribution in [2.75, 3.05) is 26.0 Å². The molecule has 0 radical (unpaired) electrons. The van der Waals surface area contributed by atoms with Gasteiger partial charge in [-0.25, -0.2) is 0 Å². The number of carbonyl (C=O) groups is 2. The molecule has 0 atom stereocenters. The summed E-state index contributed by atoms with van der Waals surface area (Å²) in [5.41, 5.74) is 3.38. The second-order valence-electron chi connectivity index (χ2n) is 6.89. The van der Waals surface area contributed by atoms with E-state index < -0.39 is 0 Å². The molecule has 2 aromatic carbocycles. The molecule has 0 aromatic heterocycles. The van der Waals surface area contributed by atoms with Crippen LogP contribution < -0.4 is 10.2 Å². The molecule has 3 rings (SSSR count). The van der Waals surface area contributed by atoms with Crippen LogP contribution >= 0.6 is 0 Å². The van der Waals surface area contributed by atoms with Crippen LogP contribution in [0.15, 0.2) is 48.5 Å². The highest BCUT2D eigenvalue weighted by atomic mass is 16.2. The Balaban J connectivity index is 1.78. The first kappa shape index (κ1) is 18.0. The monoisotopic (exact) mass is 351 g/mol. The molecule has 136 valence electrons. The third-order valence-corrected chi connectivity index (χ3v) is 4.65. The molecule has 0 spiro atoms.